The number of halogens is 1. The first-order chi connectivity index (χ1) is 17.3. The number of carboxylic acid groups (broad SMARTS) is 1. The summed E-state index contributed by atoms with van der Waals surface area (Å²) in [6.45, 7) is 4.54. The summed E-state index contributed by atoms with van der Waals surface area (Å²) in [4.78, 5) is 42.7. The average molecular weight is 507 g/mol. The van der Waals surface area contributed by atoms with Crippen molar-refractivity contribution < 1.29 is 19.5 Å². The summed E-state index contributed by atoms with van der Waals surface area (Å²) >= 11 is 5.98. The van der Waals surface area contributed by atoms with E-state index in [1.807, 2.05) is 22.8 Å². The molecule has 4 rings (SSSR count). The number of aromatic nitrogens is 2. The number of rotatable bonds is 9. The number of carbonyl (C=O) groups excluding carboxylic acids is 2. The number of amides is 3. The van der Waals surface area contributed by atoms with Crippen LogP contribution < -0.4 is 5.32 Å². The van der Waals surface area contributed by atoms with Crippen LogP contribution >= 0.6 is 11.6 Å². The van der Waals surface area contributed by atoms with Crippen LogP contribution in [-0.4, -0.2) is 37.5 Å². The highest BCUT2D eigenvalue weighted by Gasteiger charge is 2.33. The van der Waals surface area contributed by atoms with Crippen molar-refractivity contribution in [1.29, 1.82) is 0 Å². The summed E-state index contributed by atoms with van der Waals surface area (Å²) in [5, 5.41) is 12.3. The second-order valence-electron chi connectivity index (χ2n) is 8.74. The second kappa shape index (κ2) is 10.8. The Morgan fingerprint density at radius 1 is 1.11 bits per heavy atom. The molecule has 0 aliphatic carbocycles. The van der Waals surface area contributed by atoms with E-state index >= 15 is 0 Å². The molecule has 186 valence electrons. The van der Waals surface area contributed by atoms with Gasteiger partial charge >= 0.3 is 12.0 Å². The molecule has 36 heavy (non-hydrogen) atoms. The van der Waals surface area contributed by atoms with E-state index in [1.54, 1.807) is 43.5 Å². The Balaban J connectivity index is 1.69. The van der Waals surface area contributed by atoms with Crippen LogP contribution in [0.25, 0.3) is 6.08 Å². The molecule has 0 radical (unpaired) electrons. The minimum absolute atomic E-state index is 0.216. The zero-order valence-corrected chi connectivity index (χ0v) is 20.9. The number of urea groups is 1. The van der Waals surface area contributed by atoms with Crippen molar-refractivity contribution in [3.8, 4) is 0 Å². The Labute approximate surface area is 214 Å². The molecule has 2 N–H and O–H groups in total. The summed E-state index contributed by atoms with van der Waals surface area (Å²) in [6, 6.07) is 11.9. The number of imide groups is 1. The third kappa shape index (κ3) is 5.49. The highest BCUT2D eigenvalue weighted by atomic mass is 35.5. The van der Waals surface area contributed by atoms with Gasteiger partial charge in [0.05, 0.1) is 24.0 Å². The summed E-state index contributed by atoms with van der Waals surface area (Å²) in [6.07, 6.45) is 6.09. The lowest BCUT2D eigenvalue weighted by atomic mass is 10.0. The van der Waals surface area contributed by atoms with Crippen LogP contribution in [0.4, 0.5) is 4.79 Å². The van der Waals surface area contributed by atoms with Crippen molar-refractivity contribution >= 4 is 35.6 Å². The monoisotopic (exact) mass is 506 g/mol. The number of nitrogens with one attached hydrogen (secondary N) is 1. The number of hydrogen-bond donors (Lipinski definition) is 2. The van der Waals surface area contributed by atoms with Gasteiger partial charge in [0, 0.05) is 18.0 Å². The Morgan fingerprint density at radius 3 is 2.50 bits per heavy atom. The van der Waals surface area contributed by atoms with E-state index in [1.165, 1.54) is 4.90 Å². The number of unbranched alkanes of at least 4 members (excludes halogenated alkanes) is 1. The lowest BCUT2D eigenvalue weighted by Gasteiger charge is -2.16. The summed E-state index contributed by atoms with van der Waals surface area (Å²) < 4.78 is 2.01. The van der Waals surface area contributed by atoms with Crippen LogP contribution in [0.3, 0.4) is 0 Å². The van der Waals surface area contributed by atoms with Crippen LogP contribution in [-0.2, 0) is 24.3 Å². The Morgan fingerprint density at radius 2 is 1.83 bits per heavy atom. The van der Waals surface area contributed by atoms with E-state index in [-0.39, 0.29) is 17.8 Å². The normalized spacial score (nSPS) is 14.5. The maximum absolute atomic E-state index is 12.7. The Kier molecular flexibility index (Phi) is 7.55. The molecule has 2 aromatic carbocycles. The fourth-order valence-electron chi connectivity index (χ4n) is 4.18. The Bertz CT molecular complexity index is 1340. The van der Waals surface area contributed by atoms with Gasteiger partial charge in [0.1, 0.15) is 11.5 Å². The minimum Gasteiger partial charge on any atom is -0.478 e. The molecule has 0 spiro atoms. The van der Waals surface area contributed by atoms with Gasteiger partial charge in [0.15, 0.2) is 0 Å². The van der Waals surface area contributed by atoms with Crippen molar-refractivity contribution in [1.82, 2.24) is 19.8 Å². The number of aryl methyl sites for hydroxylation is 2. The first kappa shape index (κ1) is 25.2. The molecule has 9 heteroatoms. The van der Waals surface area contributed by atoms with Gasteiger partial charge in [-0.1, -0.05) is 49.2 Å². The molecule has 1 aliphatic heterocycles. The molecule has 0 atom stereocenters. The quantitative estimate of drug-likeness (QED) is 0.313. The predicted octanol–water partition coefficient (Wildman–Crippen LogP) is 5.03. The second-order valence-corrected chi connectivity index (χ2v) is 9.18. The Hall–Kier alpha value is -3.91. The third-order valence-electron chi connectivity index (χ3n) is 6.11. The van der Waals surface area contributed by atoms with Gasteiger partial charge in [-0.2, -0.15) is 0 Å². The number of carbonyl (C=O) groups is 3. The van der Waals surface area contributed by atoms with E-state index in [4.69, 9.17) is 11.6 Å². The molecule has 1 fully saturated rings. The first-order valence-corrected chi connectivity index (χ1v) is 12.1. The summed E-state index contributed by atoms with van der Waals surface area (Å²) in [7, 11) is 0. The van der Waals surface area contributed by atoms with Crippen molar-refractivity contribution in [3.63, 3.8) is 0 Å². The number of benzene rings is 2. The maximum Gasteiger partial charge on any atom is 0.335 e. The molecule has 2 heterocycles. The molecule has 1 aromatic heterocycles. The van der Waals surface area contributed by atoms with Gasteiger partial charge < -0.3 is 9.67 Å². The smallest absolute Gasteiger partial charge is 0.335 e. The van der Waals surface area contributed by atoms with E-state index in [0.29, 0.717) is 22.8 Å². The van der Waals surface area contributed by atoms with Crippen LogP contribution in [0.2, 0.25) is 5.02 Å². The molecule has 0 bridgehead atoms. The highest BCUT2D eigenvalue weighted by molar-refractivity contribution is 6.30. The van der Waals surface area contributed by atoms with Crippen LogP contribution in [0.5, 0.6) is 0 Å². The van der Waals surface area contributed by atoms with Gasteiger partial charge in [0.25, 0.3) is 5.91 Å². The van der Waals surface area contributed by atoms with Gasteiger partial charge in [-0.3, -0.25) is 15.0 Å². The van der Waals surface area contributed by atoms with Crippen molar-refractivity contribution in [3.05, 3.63) is 93.2 Å². The van der Waals surface area contributed by atoms with Crippen molar-refractivity contribution in [2.45, 2.75) is 46.2 Å². The molecular formula is C27H27ClN4O4. The molecule has 3 aromatic rings. The number of carboxylic acids is 1. The van der Waals surface area contributed by atoms with E-state index in [9.17, 15) is 19.5 Å². The van der Waals surface area contributed by atoms with Gasteiger partial charge in [-0.05, 0) is 54.3 Å². The molecule has 1 saturated heterocycles. The molecule has 0 saturated carbocycles. The lowest BCUT2D eigenvalue weighted by Crippen LogP contribution is -2.27. The number of hydrogen-bond acceptors (Lipinski definition) is 4. The topological polar surface area (TPSA) is 105 Å². The molecular weight excluding hydrogens is 480 g/mol. The van der Waals surface area contributed by atoms with Gasteiger partial charge in [0.2, 0.25) is 0 Å². The molecule has 1 aliphatic rings. The molecule has 8 nitrogen and oxygen atoms in total. The van der Waals surface area contributed by atoms with Crippen molar-refractivity contribution in [2.75, 3.05) is 0 Å². The highest BCUT2D eigenvalue weighted by Crippen LogP contribution is 2.23. The van der Waals surface area contributed by atoms with Gasteiger partial charge in [-0.25, -0.2) is 14.6 Å². The predicted molar refractivity (Wildman–Crippen MR) is 137 cm³/mol. The SMILES string of the molecule is CCCCc1ncc(C=C2C(=O)NC(=O)N2Cc2ccc(Cl)cc2)n1Cc1ccc(C(=O)O)c(C)c1. The van der Waals surface area contributed by atoms with E-state index in [0.717, 1.165) is 36.2 Å². The van der Waals surface area contributed by atoms with Gasteiger partial charge in [-0.15, -0.1) is 0 Å². The third-order valence-corrected chi connectivity index (χ3v) is 6.36. The fraction of sp³-hybridized carbons (Fsp3) is 0.259. The lowest BCUT2D eigenvalue weighted by molar-refractivity contribution is -0.116. The first-order valence-electron chi connectivity index (χ1n) is 11.7. The van der Waals surface area contributed by atoms with Crippen LogP contribution in [0.15, 0.2) is 54.4 Å². The number of aromatic carboxylic acids is 1. The summed E-state index contributed by atoms with van der Waals surface area (Å²) in [5.41, 5.74) is 3.60. The zero-order valence-electron chi connectivity index (χ0n) is 20.1. The van der Waals surface area contributed by atoms with Crippen LogP contribution in [0.1, 0.15) is 58.3 Å². The maximum atomic E-state index is 12.7. The van der Waals surface area contributed by atoms with Crippen LogP contribution in [0, 0.1) is 6.92 Å². The molecule has 3 amide bonds. The zero-order chi connectivity index (χ0) is 25.8. The largest absolute Gasteiger partial charge is 0.478 e. The minimum atomic E-state index is -0.964. The molecule has 0 unspecified atom stereocenters. The average Bonchev–Trinajstić information content (AvgIpc) is 3.33. The van der Waals surface area contributed by atoms with E-state index in [2.05, 4.69) is 17.2 Å². The number of nitrogens with zero attached hydrogens (tertiary/aromatic N) is 3. The number of imidazole rings is 1. The standard InChI is InChI=1S/C27H27ClN4O4/c1-3-4-5-24-29-14-21(31(24)16-19-8-11-22(26(34)35)17(2)12-19)13-23-25(33)30-27(36)32(23)15-18-6-9-20(28)10-7-18/h6-14H,3-5,15-16H2,1-2H3,(H,34,35)(H,30,33,36). The van der Waals surface area contributed by atoms with Crippen molar-refractivity contribution in [2.24, 2.45) is 0 Å². The fourth-order valence-corrected chi connectivity index (χ4v) is 4.31. The summed E-state index contributed by atoms with van der Waals surface area (Å²) in [5.74, 6) is -0.579. The van der Waals surface area contributed by atoms with E-state index < -0.39 is 17.9 Å².